The Morgan fingerprint density at radius 3 is 2.29 bits per heavy atom. The van der Waals surface area contributed by atoms with E-state index in [1.165, 1.54) is 6.42 Å². The van der Waals surface area contributed by atoms with Gasteiger partial charge in [-0.05, 0) is 33.6 Å². The second-order valence-electron chi connectivity index (χ2n) is 5.63. The first-order chi connectivity index (χ1) is 7.88. The van der Waals surface area contributed by atoms with Crippen molar-refractivity contribution >= 4 is 5.97 Å². The monoisotopic (exact) mass is 244 g/mol. The molecule has 0 N–H and O–H groups in total. The van der Waals surface area contributed by atoms with Crippen molar-refractivity contribution in [2.75, 3.05) is 0 Å². The number of hydrogen-bond donors (Lipinski definition) is 0. The summed E-state index contributed by atoms with van der Waals surface area (Å²) in [6.07, 6.45) is 4.69. The lowest BCUT2D eigenvalue weighted by Gasteiger charge is -2.24. The summed E-state index contributed by atoms with van der Waals surface area (Å²) in [5.74, 6) is -0.112. The fourth-order valence-corrected chi connectivity index (χ4v) is 1.83. The van der Waals surface area contributed by atoms with Gasteiger partial charge in [0.15, 0.2) is 0 Å². The molecule has 1 fully saturated rings. The minimum atomic E-state index is -0.649. The normalized spacial score (nSPS) is 20.0. The lowest BCUT2D eigenvalue weighted by molar-refractivity contribution is -0.405. The van der Waals surface area contributed by atoms with E-state index in [1.54, 1.807) is 6.92 Å². The molecule has 1 rings (SSSR count). The number of esters is 1. The Bertz CT molecular complexity index is 238. The van der Waals surface area contributed by atoms with Crippen molar-refractivity contribution in [3.63, 3.8) is 0 Å². The van der Waals surface area contributed by atoms with Gasteiger partial charge in [-0.3, -0.25) is 4.79 Å². The Kier molecular flexibility index (Phi) is 5.40. The van der Waals surface area contributed by atoms with Crippen LogP contribution < -0.4 is 0 Å². The van der Waals surface area contributed by atoms with E-state index >= 15 is 0 Å². The van der Waals surface area contributed by atoms with Crippen LogP contribution in [0.15, 0.2) is 0 Å². The van der Waals surface area contributed by atoms with Gasteiger partial charge in [0, 0.05) is 6.92 Å². The molecule has 0 aliphatic heterocycles. The number of rotatable bonds is 4. The van der Waals surface area contributed by atoms with Crippen molar-refractivity contribution in [3.8, 4) is 0 Å². The summed E-state index contributed by atoms with van der Waals surface area (Å²) in [4.78, 5) is 21.9. The van der Waals surface area contributed by atoms with Crippen LogP contribution in [-0.2, 0) is 19.3 Å². The number of carbonyl (C=O) groups excluding carboxylic acids is 1. The molecule has 1 aliphatic carbocycles. The zero-order chi connectivity index (χ0) is 12.9. The molecule has 0 bridgehead atoms. The van der Waals surface area contributed by atoms with Crippen LogP contribution >= 0.6 is 0 Å². The van der Waals surface area contributed by atoms with E-state index < -0.39 is 11.9 Å². The fourth-order valence-electron chi connectivity index (χ4n) is 1.83. The summed E-state index contributed by atoms with van der Waals surface area (Å²) in [7, 11) is 0. The highest BCUT2D eigenvalue weighted by molar-refractivity contribution is 5.72. The van der Waals surface area contributed by atoms with Gasteiger partial charge in [0.1, 0.15) is 0 Å². The molecule has 100 valence electrons. The summed E-state index contributed by atoms with van der Waals surface area (Å²) < 4.78 is 5.20. The Morgan fingerprint density at radius 2 is 1.76 bits per heavy atom. The number of hydrogen-bond acceptors (Lipinski definition) is 4. The second-order valence-corrected chi connectivity index (χ2v) is 5.63. The molecule has 17 heavy (non-hydrogen) atoms. The van der Waals surface area contributed by atoms with Crippen LogP contribution in [0.25, 0.3) is 0 Å². The lowest BCUT2D eigenvalue weighted by Crippen LogP contribution is -2.29. The Labute approximate surface area is 104 Å². The van der Waals surface area contributed by atoms with E-state index in [1.807, 2.05) is 20.8 Å². The summed E-state index contributed by atoms with van der Waals surface area (Å²) in [5.41, 5.74) is -0.397. The van der Waals surface area contributed by atoms with Crippen molar-refractivity contribution in [2.45, 2.75) is 71.7 Å². The van der Waals surface area contributed by atoms with E-state index in [9.17, 15) is 4.79 Å². The molecule has 0 aromatic carbocycles. The molecule has 1 unspecified atom stereocenters. The van der Waals surface area contributed by atoms with Crippen LogP contribution in [-0.4, -0.2) is 17.9 Å². The first-order valence-electron chi connectivity index (χ1n) is 6.43. The highest BCUT2D eigenvalue weighted by Crippen LogP contribution is 2.25. The van der Waals surface area contributed by atoms with Gasteiger partial charge in [0.05, 0.1) is 11.5 Å². The van der Waals surface area contributed by atoms with Crippen molar-refractivity contribution in [1.29, 1.82) is 0 Å². The van der Waals surface area contributed by atoms with Crippen LogP contribution in [0.5, 0.6) is 0 Å². The molecule has 0 saturated heterocycles. The maximum absolute atomic E-state index is 11.8. The maximum Gasteiger partial charge on any atom is 0.311 e. The molecule has 1 saturated carbocycles. The Morgan fingerprint density at radius 1 is 1.18 bits per heavy atom. The van der Waals surface area contributed by atoms with Gasteiger partial charge in [0.25, 0.3) is 0 Å². The smallest absolute Gasteiger partial charge is 0.311 e. The SMILES string of the molecule is CC(OOC(C)(C)C)OC(=O)C1CCCCC1. The summed E-state index contributed by atoms with van der Waals surface area (Å²) in [6, 6.07) is 0. The molecule has 0 amide bonds. The van der Waals surface area contributed by atoms with Crippen LogP contribution in [0.2, 0.25) is 0 Å². The minimum Gasteiger partial charge on any atom is -0.433 e. The summed E-state index contributed by atoms with van der Waals surface area (Å²) >= 11 is 0. The van der Waals surface area contributed by atoms with Gasteiger partial charge in [-0.15, -0.1) is 0 Å². The standard InChI is InChI=1S/C13H24O4/c1-10(16-17-13(2,3)4)15-12(14)11-8-6-5-7-9-11/h10-11H,5-9H2,1-4H3. The zero-order valence-electron chi connectivity index (χ0n) is 11.3. The Balaban J connectivity index is 2.25. The van der Waals surface area contributed by atoms with E-state index in [0.717, 1.165) is 25.7 Å². The van der Waals surface area contributed by atoms with E-state index in [2.05, 4.69) is 0 Å². The molecule has 4 nitrogen and oxygen atoms in total. The quantitative estimate of drug-likeness (QED) is 0.330. The van der Waals surface area contributed by atoms with Gasteiger partial charge in [-0.2, -0.15) is 4.89 Å². The molecule has 0 radical (unpaired) electrons. The average molecular weight is 244 g/mol. The average Bonchev–Trinajstić information content (AvgIpc) is 2.27. The largest absolute Gasteiger partial charge is 0.433 e. The molecular weight excluding hydrogens is 220 g/mol. The zero-order valence-corrected chi connectivity index (χ0v) is 11.3. The molecule has 4 heteroatoms. The third kappa shape index (κ3) is 6.03. The molecular formula is C13H24O4. The third-order valence-corrected chi connectivity index (χ3v) is 2.65. The van der Waals surface area contributed by atoms with Gasteiger partial charge >= 0.3 is 5.97 Å². The molecule has 0 heterocycles. The number of ether oxygens (including phenoxy) is 1. The second kappa shape index (κ2) is 6.36. The fraction of sp³-hybridized carbons (Fsp3) is 0.923. The van der Waals surface area contributed by atoms with Gasteiger partial charge in [-0.25, -0.2) is 4.89 Å². The van der Waals surface area contributed by atoms with Crippen LogP contribution in [0, 0.1) is 5.92 Å². The highest BCUT2D eigenvalue weighted by Gasteiger charge is 2.25. The highest BCUT2D eigenvalue weighted by atomic mass is 17.2. The first-order valence-corrected chi connectivity index (χ1v) is 6.43. The molecule has 0 aromatic rings. The molecule has 1 atom stereocenters. The van der Waals surface area contributed by atoms with Crippen molar-refractivity contribution in [2.24, 2.45) is 5.92 Å². The molecule has 0 spiro atoms. The van der Waals surface area contributed by atoms with E-state index in [4.69, 9.17) is 14.5 Å². The summed E-state index contributed by atoms with van der Waals surface area (Å²) in [5, 5.41) is 0. The summed E-state index contributed by atoms with van der Waals surface area (Å²) in [6.45, 7) is 7.31. The van der Waals surface area contributed by atoms with Crippen molar-refractivity contribution in [3.05, 3.63) is 0 Å². The van der Waals surface area contributed by atoms with Crippen molar-refractivity contribution < 1.29 is 19.3 Å². The predicted octanol–water partition coefficient (Wildman–Crippen LogP) is 3.20. The number of carbonyl (C=O) groups is 1. The van der Waals surface area contributed by atoms with Crippen LogP contribution in [0.1, 0.15) is 59.8 Å². The lowest BCUT2D eigenvalue weighted by atomic mass is 9.89. The predicted molar refractivity (Wildman–Crippen MR) is 64.1 cm³/mol. The van der Waals surface area contributed by atoms with E-state index in [0.29, 0.717) is 0 Å². The van der Waals surface area contributed by atoms with E-state index in [-0.39, 0.29) is 11.9 Å². The van der Waals surface area contributed by atoms with Gasteiger partial charge < -0.3 is 4.74 Å². The minimum absolute atomic E-state index is 0.0458. The third-order valence-electron chi connectivity index (χ3n) is 2.65. The first kappa shape index (κ1) is 14.5. The van der Waals surface area contributed by atoms with Crippen molar-refractivity contribution in [1.82, 2.24) is 0 Å². The molecule has 1 aliphatic rings. The maximum atomic E-state index is 11.8. The Hall–Kier alpha value is -0.610. The van der Waals surface area contributed by atoms with Crippen LogP contribution in [0.3, 0.4) is 0 Å². The topological polar surface area (TPSA) is 44.8 Å². The molecule has 0 aromatic heterocycles. The van der Waals surface area contributed by atoms with Gasteiger partial charge in [0.2, 0.25) is 6.29 Å². The van der Waals surface area contributed by atoms with Crippen LogP contribution in [0.4, 0.5) is 0 Å². The van der Waals surface area contributed by atoms with Gasteiger partial charge in [-0.1, -0.05) is 19.3 Å².